The maximum Gasteiger partial charge on any atom is 0.219 e. The van der Waals surface area contributed by atoms with Gasteiger partial charge >= 0.3 is 0 Å². The average molecular weight is 506 g/mol. The van der Waals surface area contributed by atoms with Crippen molar-refractivity contribution in [2.45, 2.75) is 75.9 Å². The van der Waals surface area contributed by atoms with Gasteiger partial charge in [0.05, 0.1) is 11.0 Å². The fraction of sp³-hybridized carbons (Fsp3) is 0.538. The molecule has 3 aromatic rings. The van der Waals surface area contributed by atoms with Crippen molar-refractivity contribution in [2.24, 2.45) is 0 Å². The molecule has 0 saturated carbocycles. The molecule has 1 saturated heterocycles. The molecule has 0 unspecified atom stereocenters. The van der Waals surface area contributed by atoms with Crippen LogP contribution in [-0.2, 0) is 18.3 Å². The van der Waals surface area contributed by atoms with E-state index in [2.05, 4.69) is 35.1 Å². The van der Waals surface area contributed by atoms with Gasteiger partial charge in [0.25, 0.3) is 0 Å². The summed E-state index contributed by atoms with van der Waals surface area (Å²) in [5.74, 6) is 2.03. The molecule has 188 valence electrons. The Morgan fingerprint density at radius 1 is 1.25 bits per heavy atom. The molecular formula is C26H31N7O2S. The number of hydrogen-bond donors (Lipinski definition) is 2. The molecule has 0 bridgehead atoms. The number of hydrogen-bond acceptors (Lipinski definition) is 10. The number of ether oxygens (including phenoxy) is 1. The normalized spacial score (nSPS) is 24.3. The molecule has 9 nitrogen and oxygen atoms in total. The Balaban J connectivity index is 1.39. The number of anilines is 2. The lowest BCUT2D eigenvalue weighted by atomic mass is 9.63. The molecular weight excluding hydrogens is 474 g/mol. The Hall–Kier alpha value is -3.16. The first-order chi connectivity index (χ1) is 17.4. The first-order valence-electron chi connectivity index (χ1n) is 12.7. The van der Waals surface area contributed by atoms with Crippen LogP contribution < -0.4 is 16.2 Å². The van der Waals surface area contributed by atoms with Crippen molar-refractivity contribution in [3.05, 3.63) is 33.4 Å². The second-order valence-corrected chi connectivity index (χ2v) is 11.5. The number of nitrogens with two attached hydrogens (primary N) is 2. The fourth-order valence-electron chi connectivity index (χ4n) is 6.62. The number of nitrogens with zero attached hydrogens (tertiary/aromatic N) is 5. The quantitative estimate of drug-likeness (QED) is 0.537. The summed E-state index contributed by atoms with van der Waals surface area (Å²) < 4.78 is 12.3. The highest BCUT2D eigenvalue weighted by atomic mass is 32.1. The number of aryl methyl sites for hydroxylation is 1. The summed E-state index contributed by atoms with van der Waals surface area (Å²) in [6.45, 7) is 3.15. The van der Waals surface area contributed by atoms with Crippen LogP contribution in [0.15, 0.2) is 10.6 Å². The van der Waals surface area contributed by atoms with E-state index >= 15 is 0 Å². The summed E-state index contributed by atoms with van der Waals surface area (Å²) in [6, 6.07) is 4.38. The van der Waals surface area contributed by atoms with Crippen LogP contribution >= 0.6 is 11.3 Å². The van der Waals surface area contributed by atoms with Crippen molar-refractivity contribution < 1.29 is 9.26 Å². The minimum Gasteiger partial charge on any atom is -0.473 e. The summed E-state index contributed by atoms with van der Waals surface area (Å²) in [5, 5.41) is 15.0. The minimum atomic E-state index is -0.382. The molecule has 4 N–H and O–H groups in total. The standard InChI is InChI=1S/C26H31N7O2S/c1-14(17-7-5-11-33(17)2)34-20-12-19(28)30-25(31-20)22-15-6-3-9-26(23(15)35-32-22)10-4-8-18-21(26)16(13-27)24(29)36-18/h12,14,17H,3-11,29H2,1-2H3,(H2,28,30,31)/t14-,17-,26-/m0/s1. The van der Waals surface area contributed by atoms with E-state index in [0.717, 1.165) is 68.4 Å². The lowest BCUT2D eigenvalue weighted by Gasteiger charge is -2.39. The smallest absolute Gasteiger partial charge is 0.219 e. The lowest BCUT2D eigenvalue weighted by molar-refractivity contribution is 0.117. The van der Waals surface area contributed by atoms with Crippen LogP contribution in [0.2, 0.25) is 0 Å². The Bertz CT molecular complexity index is 1350. The van der Waals surface area contributed by atoms with Gasteiger partial charge in [0.15, 0.2) is 17.3 Å². The Labute approximate surface area is 214 Å². The zero-order valence-electron chi connectivity index (χ0n) is 20.7. The molecule has 4 heterocycles. The van der Waals surface area contributed by atoms with Gasteiger partial charge < -0.3 is 20.7 Å². The summed E-state index contributed by atoms with van der Waals surface area (Å²) in [6.07, 6.45) is 7.79. The molecule has 0 amide bonds. The summed E-state index contributed by atoms with van der Waals surface area (Å²) >= 11 is 1.54. The first-order valence-corrected chi connectivity index (χ1v) is 13.6. The van der Waals surface area contributed by atoms with E-state index in [1.165, 1.54) is 22.6 Å². The Morgan fingerprint density at radius 3 is 2.81 bits per heavy atom. The third kappa shape index (κ3) is 3.56. The number of aromatic nitrogens is 3. The molecule has 3 aromatic heterocycles. The number of rotatable bonds is 4. The van der Waals surface area contributed by atoms with Crippen molar-refractivity contribution in [3.63, 3.8) is 0 Å². The largest absolute Gasteiger partial charge is 0.473 e. The second kappa shape index (κ2) is 8.75. The predicted octanol–water partition coefficient (Wildman–Crippen LogP) is 4.05. The maximum absolute atomic E-state index is 9.92. The van der Waals surface area contributed by atoms with Gasteiger partial charge in [-0.2, -0.15) is 10.2 Å². The molecule has 3 atom stereocenters. The van der Waals surface area contributed by atoms with E-state index < -0.39 is 0 Å². The van der Waals surface area contributed by atoms with Crippen molar-refractivity contribution in [1.29, 1.82) is 5.26 Å². The van der Waals surface area contributed by atoms with Crippen molar-refractivity contribution >= 4 is 22.2 Å². The molecule has 3 aliphatic rings. The molecule has 10 heteroatoms. The molecule has 1 spiro atoms. The van der Waals surface area contributed by atoms with Crippen LogP contribution in [0, 0.1) is 11.3 Å². The predicted molar refractivity (Wildman–Crippen MR) is 138 cm³/mol. The number of nitriles is 1. The van der Waals surface area contributed by atoms with Crippen LogP contribution in [-0.4, -0.2) is 45.8 Å². The van der Waals surface area contributed by atoms with Gasteiger partial charge in [0.1, 0.15) is 23.0 Å². The van der Waals surface area contributed by atoms with Crippen LogP contribution in [0.5, 0.6) is 5.88 Å². The minimum absolute atomic E-state index is 0.0248. The first kappa shape index (κ1) is 23.3. The SMILES string of the molecule is C[C@H](Oc1cc(N)nc(-c2noc3c2CCC[C@@]32CCCc3sc(N)c(C#N)c32)n1)[C@@H]1CCCN1C. The number of fused-ring (bicyclic) bond motifs is 4. The highest BCUT2D eigenvalue weighted by Gasteiger charge is 2.48. The molecule has 0 radical (unpaired) electrons. The van der Waals surface area contributed by atoms with Crippen molar-refractivity contribution in [1.82, 2.24) is 20.0 Å². The molecule has 0 aromatic carbocycles. The van der Waals surface area contributed by atoms with E-state index in [1.54, 1.807) is 6.07 Å². The molecule has 1 aliphatic heterocycles. The summed E-state index contributed by atoms with van der Waals surface area (Å²) in [4.78, 5) is 12.7. The van der Waals surface area contributed by atoms with Gasteiger partial charge in [-0.05, 0) is 77.4 Å². The topological polar surface area (TPSA) is 140 Å². The number of likely N-dealkylation sites (tertiary alicyclic amines) is 1. The monoisotopic (exact) mass is 505 g/mol. The number of nitrogen functional groups attached to an aromatic ring is 2. The third-order valence-corrected chi connectivity index (χ3v) is 9.30. The zero-order valence-corrected chi connectivity index (χ0v) is 21.5. The van der Waals surface area contributed by atoms with E-state index in [-0.39, 0.29) is 11.5 Å². The molecule has 1 fully saturated rings. The molecule has 36 heavy (non-hydrogen) atoms. The third-order valence-electron chi connectivity index (χ3n) is 8.22. The van der Waals surface area contributed by atoms with E-state index in [1.807, 2.05) is 0 Å². The zero-order chi connectivity index (χ0) is 25.0. The van der Waals surface area contributed by atoms with Gasteiger partial charge in [0.2, 0.25) is 5.88 Å². The molecule has 6 rings (SSSR count). The van der Waals surface area contributed by atoms with Crippen molar-refractivity contribution in [3.8, 4) is 23.5 Å². The second-order valence-electron chi connectivity index (χ2n) is 10.3. The van der Waals surface area contributed by atoms with Gasteiger partial charge in [-0.3, -0.25) is 4.90 Å². The number of likely N-dealkylation sites (N-methyl/N-ethyl adjacent to an activating group) is 1. The number of thiophene rings is 1. The van der Waals surface area contributed by atoms with Crippen LogP contribution in [0.4, 0.5) is 10.8 Å². The highest BCUT2D eigenvalue weighted by molar-refractivity contribution is 7.16. The Morgan fingerprint density at radius 2 is 2.06 bits per heavy atom. The van der Waals surface area contributed by atoms with E-state index in [0.29, 0.717) is 39.8 Å². The van der Waals surface area contributed by atoms with Crippen LogP contribution in [0.1, 0.15) is 72.8 Å². The summed E-state index contributed by atoms with van der Waals surface area (Å²) in [5.41, 5.74) is 15.3. The van der Waals surface area contributed by atoms with Gasteiger partial charge in [0, 0.05) is 22.5 Å². The van der Waals surface area contributed by atoms with Crippen molar-refractivity contribution in [2.75, 3.05) is 25.1 Å². The van der Waals surface area contributed by atoms with Crippen LogP contribution in [0.25, 0.3) is 11.5 Å². The van der Waals surface area contributed by atoms with Gasteiger partial charge in [-0.1, -0.05) is 5.16 Å². The van der Waals surface area contributed by atoms with E-state index in [9.17, 15) is 5.26 Å². The highest BCUT2D eigenvalue weighted by Crippen LogP contribution is 2.55. The molecule has 2 aliphatic carbocycles. The van der Waals surface area contributed by atoms with Gasteiger partial charge in [-0.25, -0.2) is 4.98 Å². The van der Waals surface area contributed by atoms with Crippen LogP contribution in [0.3, 0.4) is 0 Å². The average Bonchev–Trinajstić information content (AvgIpc) is 3.56. The fourth-order valence-corrected chi connectivity index (χ4v) is 7.79. The van der Waals surface area contributed by atoms with E-state index in [4.69, 9.17) is 25.7 Å². The summed E-state index contributed by atoms with van der Waals surface area (Å²) in [7, 11) is 2.13. The Kier molecular flexibility index (Phi) is 5.65. The maximum atomic E-state index is 9.92. The van der Waals surface area contributed by atoms with Gasteiger partial charge in [-0.15, -0.1) is 11.3 Å². The lowest BCUT2D eigenvalue weighted by Crippen LogP contribution is -2.38.